The van der Waals surface area contributed by atoms with Crippen LogP contribution in [0.3, 0.4) is 0 Å². The molecule has 4 nitrogen and oxygen atoms in total. The van der Waals surface area contributed by atoms with Crippen LogP contribution in [0.4, 0.5) is 5.69 Å². The third-order valence-corrected chi connectivity index (χ3v) is 6.44. The molecule has 1 fully saturated rings. The first-order valence-electron chi connectivity index (χ1n) is 7.50. The van der Waals surface area contributed by atoms with E-state index in [0.717, 1.165) is 5.69 Å². The molecule has 0 radical (unpaired) electrons. The summed E-state index contributed by atoms with van der Waals surface area (Å²) >= 11 is 3.90. The molecule has 1 aromatic heterocycles. The average molecular weight is 346 g/mol. The number of benzene rings is 1. The predicted molar refractivity (Wildman–Crippen MR) is 97.5 cm³/mol. The largest absolute Gasteiger partial charge is 0.477 e. The van der Waals surface area contributed by atoms with Crippen molar-refractivity contribution < 1.29 is 9.53 Å². The van der Waals surface area contributed by atoms with E-state index in [1.807, 2.05) is 48.6 Å². The fourth-order valence-corrected chi connectivity index (χ4v) is 5.17. The summed E-state index contributed by atoms with van der Waals surface area (Å²) < 4.78 is 5.88. The Morgan fingerprint density at radius 2 is 2.13 bits per heavy atom. The van der Waals surface area contributed by atoms with Crippen LogP contribution in [0.25, 0.3) is 0 Å². The molecular formula is C17H18N2O2S2. The summed E-state index contributed by atoms with van der Waals surface area (Å²) in [6.45, 7) is 2.35. The van der Waals surface area contributed by atoms with Crippen molar-refractivity contribution in [3.05, 3.63) is 53.7 Å². The van der Waals surface area contributed by atoms with Gasteiger partial charge in [0.25, 0.3) is 5.91 Å². The highest BCUT2D eigenvalue weighted by Gasteiger charge is 2.19. The predicted octanol–water partition coefficient (Wildman–Crippen LogP) is 4.21. The lowest BCUT2D eigenvalue weighted by molar-refractivity contribution is 0.102. The van der Waals surface area contributed by atoms with E-state index < -0.39 is 0 Å². The topological polar surface area (TPSA) is 51.2 Å². The molecule has 6 heteroatoms. The van der Waals surface area contributed by atoms with Crippen molar-refractivity contribution in [1.29, 1.82) is 0 Å². The van der Waals surface area contributed by atoms with Crippen molar-refractivity contribution in [3.8, 4) is 5.88 Å². The van der Waals surface area contributed by atoms with E-state index in [-0.39, 0.29) is 5.91 Å². The minimum Gasteiger partial charge on any atom is -0.477 e. The average Bonchev–Trinajstić information content (AvgIpc) is 3.10. The first kappa shape index (κ1) is 16.2. The molecule has 0 aliphatic carbocycles. The molecule has 2 aromatic rings. The summed E-state index contributed by atoms with van der Waals surface area (Å²) in [6, 6.07) is 11.5. The fraction of sp³-hybridized carbons (Fsp3) is 0.294. The second-order valence-corrected chi connectivity index (χ2v) is 7.67. The lowest BCUT2D eigenvalue weighted by atomic mass is 10.2. The molecule has 2 heterocycles. The molecule has 1 aliphatic heterocycles. The molecule has 1 amide bonds. The molecule has 120 valence electrons. The summed E-state index contributed by atoms with van der Waals surface area (Å²) in [6.07, 6.45) is 1.62. The number of rotatable bonds is 5. The van der Waals surface area contributed by atoms with Crippen molar-refractivity contribution in [2.24, 2.45) is 0 Å². The van der Waals surface area contributed by atoms with Gasteiger partial charge in [0.2, 0.25) is 5.88 Å². The minimum absolute atomic E-state index is 0.203. The molecule has 0 atom stereocenters. The number of thioether (sulfide) groups is 2. The van der Waals surface area contributed by atoms with Crippen LogP contribution in [-0.4, -0.2) is 29.0 Å². The highest BCUT2D eigenvalue weighted by Crippen LogP contribution is 2.45. The van der Waals surface area contributed by atoms with Gasteiger partial charge in [-0.25, -0.2) is 4.98 Å². The molecule has 0 saturated carbocycles. The summed E-state index contributed by atoms with van der Waals surface area (Å²) in [5.41, 5.74) is 2.49. The van der Waals surface area contributed by atoms with Crippen molar-refractivity contribution in [1.82, 2.24) is 4.98 Å². The molecule has 1 aliphatic rings. The molecule has 0 unspecified atom stereocenters. The normalized spacial score (nSPS) is 14.7. The van der Waals surface area contributed by atoms with Crippen molar-refractivity contribution in [2.45, 2.75) is 11.5 Å². The summed E-state index contributed by atoms with van der Waals surface area (Å²) in [7, 11) is 0. The maximum Gasteiger partial charge on any atom is 0.261 e. The second kappa shape index (κ2) is 7.75. The van der Waals surface area contributed by atoms with Gasteiger partial charge in [0.05, 0.1) is 11.2 Å². The van der Waals surface area contributed by atoms with Crippen LogP contribution >= 0.6 is 23.5 Å². The Hall–Kier alpha value is -1.66. The molecule has 1 aromatic carbocycles. The summed E-state index contributed by atoms with van der Waals surface area (Å²) in [5.74, 6) is 2.52. The molecular weight excluding hydrogens is 328 g/mol. The maximum absolute atomic E-state index is 12.5. The number of carbonyl (C=O) groups excluding carboxylic acids is 1. The van der Waals surface area contributed by atoms with Gasteiger partial charge in [-0.2, -0.15) is 0 Å². The number of pyridine rings is 1. The number of carbonyl (C=O) groups is 1. The van der Waals surface area contributed by atoms with E-state index in [0.29, 0.717) is 22.6 Å². The number of nitrogens with one attached hydrogen (secondary N) is 1. The Morgan fingerprint density at radius 3 is 2.91 bits per heavy atom. The lowest BCUT2D eigenvalue weighted by Crippen LogP contribution is -2.14. The SMILES string of the molecule is CCOc1ncccc1C(=O)Nc1cccc(C2SCCS2)c1. The highest BCUT2D eigenvalue weighted by atomic mass is 32.2. The smallest absolute Gasteiger partial charge is 0.261 e. The van der Waals surface area contributed by atoms with E-state index in [9.17, 15) is 4.79 Å². The molecule has 0 spiro atoms. The third-order valence-electron chi connectivity index (χ3n) is 3.34. The molecule has 23 heavy (non-hydrogen) atoms. The van der Waals surface area contributed by atoms with Gasteiger partial charge >= 0.3 is 0 Å². The molecule has 1 N–H and O–H groups in total. The first-order valence-corrected chi connectivity index (χ1v) is 9.60. The van der Waals surface area contributed by atoms with E-state index in [1.165, 1.54) is 17.1 Å². The van der Waals surface area contributed by atoms with Gasteiger partial charge in [0.1, 0.15) is 5.56 Å². The van der Waals surface area contributed by atoms with Gasteiger partial charge in [-0.1, -0.05) is 12.1 Å². The zero-order valence-corrected chi connectivity index (χ0v) is 14.5. The van der Waals surface area contributed by atoms with Crippen LogP contribution in [0.1, 0.15) is 27.4 Å². The molecule has 3 rings (SSSR count). The van der Waals surface area contributed by atoms with Crippen LogP contribution in [0.5, 0.6) is 5.88 Å². The van der Waals surface area contributed by atoms with Crippen molar-refractivity contribution in [3.63, 3.8) is 0 Å². The number of aromatic nitrogens is 1. The highest BCUT2D eigenvalue weighted by molar-refractivity contribution is 8.19. The lowest BCUT2D eigenvalue weighted by Gasteiger charge is -2.12. The van der Waals surface area contributed by atoms with Crippen molar-refractivity contribution >= 4 is 35.1 Å². The zero-order valence-electron chi connectivity index (χ0n) is 12.8. The molecule has 0 bridgehead atoms. The van der Waals surface area contributed by atoms with Gasteiger partial charge < -0.3 is 10.1 Å². The Balaban J connectivity index is 1.76. The number of nitrogens with zero attached hydrogens (tertiary/aromatic N) is 1. The molecule has 1 saturated heterocycles. The maximum atomic E-state index is 12.5. The van der Waals surface area contributed by atoms with Gasteiger partial charge in [-0.15, -0.1) is 23.5 Å². The van der Waals surface area contributed by atoms with Gasteiger partial charge in [-0.3, -0.25) is 4.79 Å². The van der Waals surface area contributed by atoms with Crippen LogP contribution < -0.4 is 10.1 Å². The van der Waals surface area contributed by atoms with Crippen LogP contribution in [-0.2, 0) is 0 Å². The number of hydrogen-bond acceptors (Lipinski definition) is 5. The van der Waals surface area contributed by atoms with E-state index >= 15 is 0 Å². The fourth-order valence-electron chi connectivity index (χ4n) is 2.33. The van der Waals surface area contributed by atoms with E-state index in [1.54, 1.807) is 18.3 Å². The Bertz CT molecular complexity index is 688. The number of hydrogen-bond donors (Lipinski definition) is 1. The number of ether oxygens (including phenoxy) is 1. The third kappa shape index (κ3) is 4.00. The standard InChI is InChI=1S/C17H18N2O2S2/c1-2-21-16-14(7-4-8-18-16)15(20)19-13-6-3-5-12(11-13)17-22-9-10-23-17/h3-8,11,17H,2,9-10H2,1H3,(H,19,20). The Morgan fingerprint density at radius 1 is 1.30 bits per heavy atom. The van der Waals surface area contributed by atoms with E-state index in [2.05, 4.69) is 16.4 Å². The monoisotopic (exact) mass is 346 g/mol. The van der Waals surface area contributed by atoms with Crippen LogP contribution in [0.15, 0.2) is 42.6 Å². The van der Waals surface area contributed by atoms with Crippen LogP contribution in [0, 0.1) is 0 Å². The van der Waals surface area contributed by atoms with Crippen molar-refractivity contribution in [2.75, 3.05) is 23.4 Å². The van der Waals surface area contributed by atoms with Gasteiger partial charge in [0.15, 0.2) is 0 Å². The van der Waals surface area contributed by atoms with Gasteiger partial charge in [-0.05, 0) is 36.8 Å². The number of anilines is 1. The Labute approximate surface area is 144 Å². The quantitative estimate of drug-likeness (QED) is 0.879. The summed E-state index contributed by atoms with van der Waals surface area (Å²) in [4.78, 5) is 16.6. The van der Waals surface area contributed by atoms with E-state index in [4.69, 9.17) is 4.74 Å². The zero-order chi connectivity index (χ0) is 16.1. The first-order chi connectivity index (χ1) is 11.3. The number of amides is 1. The summed E-state index contributed by atoms with van der Waals surface area (Å²) in [5, 5.41) is 2.94. The van der Waals surface area contributed by atoms with Crippen LogP contribution in [0.2, 0.25) is 0 Å². The Kier molecular flexibility index (Phi) is 5.46. The second-order valence-electron chi connectivity index (χ2n) is 4.94. The minimum atomic E-state index is -0.203. The van der Waals surface area contributed by atoms with Gasteiger partial charge in [0, 0.05) is 23.4 Å².